The number of nitrogens with zero attached hydrogens (tertiary/aromatic N) is 1. The Morgan fingerprint density at radius 1 is 1.17 bits per heavy atom. The molecule has 4 nitrogen and oxygen atoms in total. The van der Waals surface area contributed by atoms with Gasteiger partial charge in [-0.3, -0.25) is 9.59 Å². The lowest BCUT2D eigenvalue weighted by atomic mass is 9.90. The molecule has 2 unspecified atom stereocenters. The maximum atomic E-state index is 12.7. The van der Waals surface area contributed by atoms with E-state index >= 15 is 0 Å². The van der Waals surface area contributed by atoms with Gasteiger partial charge in [0.05, 0.1) is 11.3 Å². The van der Waals surface area contributed by atoms with E-state index in [-0.39, 0.29) is 11.8 Å². The maximum absolute atomic E-state index is 12.7. The van der Waals surface area contributed by atoms with Gasteiger partial charge in [0.2, 0.25) is 5.91 Å². The molecule has 3 rings (SSSR count). The Kier molecular flexibility index (Phi) is 3.84. The minimum Gasteiger partial charge on any atom is -0.481 e. The molecule has 0 bridgehead atoms. The van der Waals surface area contributed by atoms with Crippen LogP contribution in [0.1, 0.15) is 31.7 Å². The van der Waals surface area contributed by atoms with E-state index in [1.807, 2.05) is 49.4 Å². The SMILES string of the molecule is CC(C(=O)N1CCC(C)(C(=O)O)C1)c1ccc2ccccc2c1. The summed E-state index contributed by atoms with van der Waals surface area (Å²) in [5.74, 6) is -1.09. The van der Waals surface area contributed by atoms with Crippen LogP contribution >= 0.6 is 0 Å². The van der Waals surface area contributed by atoms with Gasteiger partial charge in [0.1, 0.15) is 0 Å². The molecule has 0 radical (unpaired) electrons. The van der Waals surface area contributed by atoms with Gasteiger partial charge in [0.15, 0.2) is 0 Å². The predicted molar refractivity (Wildman–Crippen MR) is 89.3 cm³/mol. The summed E-state index contributed by atoms with van der Waals surface area (Å²) in [4.78, 5) is 25.8. The first kappa shape index (κ1) is 15.5. The summed E-state index contributed by atoms with van der Waals surface area (Å²) in [5.41, 5.74) is 0.149. The number of hydrogen-bond donors (Lipinski definition) is 1. The molecule has 0 aliphatic carbocycles. The Morgan fingerprint density at radius 2 is 1.87 bits per heavy atom. The van der Waals surface area contributed by atoms with E-state index in [4.69, 9.17) is 0 Å². The van der Waals surface area contributed by atoms with Crippen molar-refractivity contribution >= 4 is 22.6 Å². The van der Waals surface area contributed by atoms with Crippen LogP contribution in [0.3, 0.4) is 0 Å². The van der Waals surface area contributed by atoms with Crippen LogP contribution in [0.15, 0.2) is 42.5 Å². The van der Waals surface area contributed by atoms with Crippen molar-refractivity contribution in [2.24, 2.45) is 5.41 Å². The van der Waals surface area contributed by atoms with Crippen molar-refractivity contribution in [3.63, 3.8) is 0 Å². The summed E-state index contributed by atoms with van der Waals surface area (Å²) >= 11 is 0. The number of carbonyl (C=O) groups is 2. The van der Waals surface area contributed by atoms with Gasteiger partial charge in [0, 0.05) is 13.1 Å². The first-order chi connectivity index (χ1) is 10.9. The fourth-order valence-corrected chi connectivity index (χ4v) is 3.22. The second kappa shape index (κ2) is 5.69. The van der Waals surface area contributed by atoms with Crippen molar-refractivity contribution in [3.8, 4) is 0 Å². The zero-order chi connectivity index (χ0) is 16.6. The molecule has 2 atom stereocenters. The molecule has 0 spiro atoms. The third-order valence-corrected chi connectivity index (χ3v) is 4.95. The number of carboxylic acids is 1. The summed E-state index contributed by atoms with van der Waals surface area (Å²) < 4.78 is 0. The second-order valence-corrected chi connectivity index (χ2v) is 6.70. The van der Waals surface area contributed by atoms with Crippen LogP contribution in [0.25, 0.3) is 10.8 Å². The molecule has 1 fully saturated rings. The van der Waals surface area contributed by atoms with Crippen molar-refractivity contribution in [1.82, 2.24) is 4.90 Å². The quantitative estimate of drug-likeness (QED) is 0.946. The summed E-state index contributed by atoms with van der Waals surface area (Å²) in [6, 6.07) is 14.1. The number of rotatable bonds is 3. The Hall–Kier alpha value is -2.36. The lowest BCUT2D eigenvalue weighted by Crippen LogP contribution is -2.36. The van der Waals surface area contributed by atoms with Crippen molar-refractivity contribution in [2.75, 3.05) is 13.1 Å². The van der Waals surface area contributed by atoms with Crippen LogP contribution in [-0.4, -0.2) is 35.0 Å². The number of aliphatic carboxylic acids is 1. The standard InChI is InChI=1S/C19H21NO3/c1-13(15-8-7-14-5-3-4-6-16(14)11-15)17(21)20-10-9-19(2,12-20)18(22)23/h3-8,11,13H,9-10,12H2,1-2H3,(H,22,23). The average molecular weight is 311 g/mol. The fourth-order valence-electron chi connectivity index (χ4n) is 3.22. The molecule has 1 saturated heterocycles. The van der Waals surface area contributed by atoms with E-state index in [0.717, 1.165) is 16.3 Å². The van der Waals surface area contributed by atoms with E-state index in [1.165, 1.54) is 0 Å². The van der Waals surface area contributed by atoms with Crippen molar-refractivity contribution in [3.05, 3.63) is 48.0 Å². The first-order valence-corrected chi connectivity index (χ1v) is 7.92. The van der Waals surface area contributed by atoms with E-state index < -0.39 is 11.4 Å². The van der Waals surface area contributed by atoms with Crippen LogP contribution in [0.4, 0.5) is 0 Å². The third kappa shape index (κ3) is 2.81. The maximum Gasteiger partial charge on any atom is 0.311 e. The summed E-state index contributed by atoms with van der Waals surface area (Å²) in [7, 11) is 0. The largest absolute Gasteiger partial charge is 0.481 e. The number of fused-ring (bicyclic) bond motifs is 1. The molecule has 1 heterocycles. The topological polar surface area (TPSA) is 57.6 Å². The molecule has 4 heteroatoms. The Morgan fingerprint density at radius 3 is 2.52 bits per heavy atom. The van der Waals surface area contributed by atoms with Gasteiger partial charge in [-0.2, -0.15) is 0 Å². The Labute approximate surface area is 135 Å². The monoisotopic (exact) mass is 311 g/mol. The van der Waals surface area contributed by atoms with Crippen molar-refractivity contribution < 1.29 is 14.7 Å². The summed E-state index contributed by atoms with van der Waals surface area (Å²) in [5, 5.41) is 11.6. The third-order valence-electron chi connectivity index (χ3n) is 4.95. The van der Waals surface area contributed by atoms with E-state index in [1.54, 1.807) is 11.8 Å². The predicted octanol–water partition coefficient (Wildman–Crippen LogP) is 3.27. The highest BCUT2D eigenvalue weighted by Crippen LogP contribution is 2.32. The Balaban J connectivity index is 1.80. The fraction of sp³-hybridized carbons (Fsp3) is 0.368. The number of hydrogen-bond acceptors (Lipinski definition) is 2. The van der Waals surface area contributed by atoms with Crippen LogP contribution in [0.2, 0.25) is 0 Å². The van der Waals surface area contributed by atoms with Crippen LogP contribution in [0, 0.1) is 5.41 Å². The number of amides is 1. The highest BCUT2D eigenvalue weighted by atomic mass is 16.4. The lowest BCUT2D eigenvalue weighted by molar-refractivity contribution is -0.147. The number of carboxylic acid groups (broad SMARTS) is 1. The number of likely N-dealkylation sites (tertiary alicyclic amines) is 1. The minimum atomic E-state index is -0.828. The molecular weight excluding hydrogens is 290 g/mol. The van der Waals surface area contributed by atoms with Gasteiger partial charge in [-0.05, 0) is 36.6 Å². The first-order valence-electron chi connectivity index (χ1n) is 7.92. The van der Waals surface area contributed by atoms with Crippen LogP contribution in [-0.2, 0) is 9.59 Å². The zero-order valence-electron chi connectivity index (χ0n) is 13.5. The van der Waals surface area contributed by atoms with Crippen molar-refractivity contribution in [2.45, 2.75) is 26.2 Å². The van der Waals surface area contributed by atoms with Crippen LogP contribution in [0.5, 0.6) is 0 Å². The van der Waals surface area contributed by atoms with E-state index in [9.17, 15) is 14.7 Å². The molecule has 1 aliphatic rings. The smallest absolute Gasteiger partial charge is 0.311 e. The summed E-state index contributed by atoms with van der Waals surface area (Å²) in [6.07, 6.45) is 0.512. The van der Waals surface area contributed by atoms with Gasteiger partial charge < -0.3 is 10.0 Å². The van der Waals surface area contributed by atoms with Gasteiger partial charge in [-0.15, -0.1) is 0 Å². The number of carbonyl (C=O) groups excluding carboxylic acids is 1. The van der Waals surface area contributed by atoms with E-state index in [2.05, 4.69) is 0 Å². The van der Waals surface area contributed by atoms with Gasteiger partial charge >= 0.3 is 5.97 Å². The van der Waals surface area contributed by atoms with Gasteiger partial charge in [-0.1, -0.05) is 42.5 Å². The molecule has 23 heavy (non-hydrogen) atoms. The molecule has 2 aromatic rings. The molecule has 1 aliphatic heterocycles. The molecule has 1 N–H and O–H groups in total. The normalized spacial score (nSPS) is 22.3. The van der Waals surface area contributed by atoms with Crippen molar-refractivity contribution in [1.29, 1.82) is 0 Å². The number of benzene rings is 2. The highest BCUT2D eigenvalue weighted by molar-refractivity contribution is 5.88. The lowest BCUT2D eigenvalue weighted by Gasteiger charge is -2.23. The molecule has 0 aromatic heterocycles. The molecule has 1 amide bonds. The van der Waals surface area contributed by atoms with E-state index in [0.29, 0.717) is 19.5 Å². The van der Waals surface area contributed by atoms with Gasteiger partial charge in [0.25, 0.3) is 0 Å². The molecule has 2 aromatic carbocycles. The molecular formula is C19H21NO3. The van der Waals surface area contributed by atoms with Gasteiger partial charge in [-0.25, -0.2) is 0 Å². The zero-order valence-corrected chi connectivity index (χ0v) is 13.5. The highest BCUT2D eigenvalue weighted by Gasteiger charge is 2.42. The summed E-state index contributed by atoms with van der Waals surface area (Å²) in [6.45, 7) is 4.41. The second-order valence-electron chi connectivity index (χ2n) is 6.70. The Bertz CT molecular complexity index is 770. The minimum absolute atomic E-state index is 0.00487. The molecule has 0 saturated carbocycles. The average Bonchev–Trinajstić information content (AvgIpc) is 2.97. The molecule has 120 valence electrons. The van der Waals surface area contributed by atoms with Crippen LogP contribution < -0.4 is 0 Å².